The highest BCUT2D eigenvalue weighted by Crippen LogP contribution is 2.56. The van der Waals surface area contributed by atoms with E-state index in [2.05, 4.69) is 217 Å². The van der Waals surface area contributed by atoms with Crippen molar-refractivity contribution in [3.05, 3.63) is 259 Å². The van der Waals surface area contributed by atoms with Crippen molar-refractivity contribution in [2.75, 3.05) is 4.90 Å². The first-order valence-electron chi connectivity index (χ1n) is 21.4. The van der Waals surface area contributed by atoms with Gasteiger partial charge in [-0.3, -0.25) is 4.90 Å². The van der Waals surface area contributed by atoms with Crippen LogP contribution >= 0.6 is 0 Å². The molecule has 0 fully saturated rings. The Kier molecular flexibility index (Phi) is 8.68. The van der Waals surface area contributed by atoms with E-state index in [1.807, 2.05) is 24.3 Å². The van der Waals surface area contributed by atoms with Crippen molar-refractivity contribution >= 4 is 39.3 Å². The van der Waals surface area contributed by atoms with Gasteiger partial charge >= 0.3 is 0 Å². The highest BCUT2D eigenvalue weighted by molar-refractivity contribution is 6.09. The van der Waals surface area contributed by atoms with Gasteiger partial charge in [0.05, 0.1) is 16.8 Å². The predicted molar refractivity (Wildman–Crippen MR) is 258 cm³/mol. The summed E-state index contributed by atoms with van der Waals surface area (Å²) in [6, 6.07) is 83.9. The first-order chi connectivity index (χ1) is 31.2. The normalized spacial score (nSPS) is 12.6. The van der Waals surface area contributed by atoms with Gasteiger partial charge in [-0.2, -0.15) is 0 Å². The molecular weight excluding hydrogens is 767 g/mol. The molecule has 1 aliphatic carbocycles. The molecule has 11 aromatic rings. The number of furan rings is 1. The summed E-state index contributed by atoms with van der Waals surface area (Å²) in [4.78, 5) is 13.0. The maximum atomic E-state index is 6.49. The third kappa shape index (κ3) is 5.99. The van der Waals surface area contributed by atoms with E-state index in [1.54, 1.807) is 0 Å². The topological polar surface area (TPSA) is 42.2 Å². The van der Waals surface area contributed by atoms with Crippen molar-refractivity contribution in [3.8, 4) is 44.8 Å². The lowest BCUT2D eigenvalue weighted by atomic mass is 9.67. The zero-order valence-corrected chi connectivity index (χ0v) is 34.3. The summed E-state index contributed by atoms with van der Waals surface area (Å²) < 4.78 is 6.49. The van der Waals surface area contributed by atoms with Gasteiger partial charge in [-0.05, 0) is 75.3 Å². The van der Waals surface area contributed by atoms with E-state index in [0.29, 0.717) is 5.95 Å². The molecule has 0 radical (unpaired) electrons. The Morgan fingerprint density at radius 1 is 0.365 bits per heavy atom. The second-order valence-corrected chi connectivity index (χ2v) is 16.1. The molecular formula is C59H39N3O. The van der Waals surface area contributed by atoms with Crippen LogP contribution in [0.3, 0.4) is 0 Å². The van der Waals surface area contributed by atoms with Crippen LogP contribution < -0.4 is 4.90 Å². The Hall–Kier alpha value is -8.34. The van der Waals surface area contributed by atoms with E-state index in [9.17, 15) is 0 Å². The van der Waals surface area contributed by atoms with Crippen molar-refractivity contribution in [3.63, 3.8) is 0 Å². The van der Waals surface area contributed by atoms with Crippen molar-refractivity contribution in [2.24, 2.45) is 0 Å². The molecule has 0 bridgehead atoms. The van der Waals surface area contributed by atoms with Crippen LogP contribution in [0.5, 0.6) is 0 Å². The molecule has 0 spiro atoms. The largest absolute Gasteiger partial charge is 0.455 e. The lowest BCUT2D eigenvalue weighted by Crippen LogP contribution is -2.29. The van der Waals surface area contributed by atoms with Gasteiger partial charge in [0.25, 0.3) is 0 Å². The molecule has 296 valence electrons. The fourth-order valence-electron chi connectivity index (χ4n) is 9.78. The Balaban J connectivity index is 1.09. The minimum Gasteiger partial charge on any atom is -0.455 e. The number of anilines is 3. The van der Waals surface area contributed by atoms with Gasteiger partial charge in [0, 0.05) is 38.8 Å². The number of nitrogens with zero attached hydrogens (tertiary/aromatic N) is 3. The van der Waals surface area contributed by atoms with Crippen molar-refractivity contribution in [2.45, 2.75) is 5.41 Å². The molecule has 0 saturated carbocycles. The molecule has 4 heteroatoms. The van der Waals surface area contributed by atoms with Gasteiger partial charge < -0.3 is 4.42 Å². The first kappa shape index (κ1) is 36.5. The summed E-state index contributed by atoms with van der Waals surface area (Å²) in [5.41, 5.74) is 16.3. The molecule has 1 aliphatic rings. The fraction of sp³-hybridized carbons (Fsp3) is 0.0169. The van der Waals surface area contributed by atoms with Crippen LogP contribution in [0.4, 0.5) is 17.3 Å². The lowest BCUT2D eigenvalue weighted by Gasteiger charge is -2.35. The zero-order valence-electron chi connectivity index (χ0n) is 34.3. The maximum Gasteiger partial charge on any atom is 0.235 e. The van der Waals surface area contributed by atoms with Crippen LogP contribution in [0.15, 0.2) is 241 Å². The number of hydrogen-bond acceptors (Lipinski definition) is 4. The van der Waals surface area contributed by atoms with Crippen molar-refractivity contribution in [1.29, 1.82) is 0 Å². The number of para-hydroxylation sites is 2. The van der Waals surface area contributed by atoms with E-state index < -0.39 is 5.41 Å². The average Bonchev–Trinajstić information content (AvgIpc) is 3.90. The average molecular weight is 806 g/mol. The summed E-state index contributed by atoms with van der Waals surface area (Å²) in [7, 11) is 0. The van der Waals surface area contributed by atoms with E-state index in [0.717, 1.165) is 72.5 Å². The summed E-state index contributed by atoms with van der Waals surface area (Å²) in [5, 5.41) is 2.22. The van der Waals surface area contributed by atoms with Gasteiger partial charge in [-0.15, -0.1) is 0 Å². The van der Waals surface area contributed by atoms with Crippen LogP contribution in [0, 0.1) is 0 Å². The van der Waals surface area contributed by atoms with Gasteiger partial charge in [-0.1, -0.05) is 200 Å². The molecule has 63 heavy (non-hydrogen) atoms. The third-order valence-electron chi connectivity index (χ3n) is 12.6. The zero-order chi connectivity index (χ0) is 41.7. The van der Waals surface area contributed by atoms with Gasteiger partial charge in [0.15, 0.2) is 0 Å². The van der Waals surface area contributed by atoms with Crippen LogP contribution in [-0.4, -0.2) is 9.97 Å². The van der Waals surface area contributed by atoms with Gasteiger partial charge in [-0.25, -0.2) is 9.97 Å². The van der Waals surface area contributed by atoms with Crippen molar-refractivity contribution < 1.29 is 4.42 Å². The molecule has 9 aromatic carbocycles. The molecule has 0 N–H and O–H groups in total. The second-order valence-electron chi connectivity index (χ2n) is 16.1. The van der Waals surface area contributed by atoms with Gasteiger partial charge in [0.1, 0.15) is 11.2 Å². The molecule has 2 heterocycles. The predicted octanol–water partition coefficient (Wildman–Crippen LogP) is 15.2. The summed E-state index contributed by atoms with van der Waals surface area (Å²) in [6.07, 6.45) is 0. The van der Waals surface area contributed by atoms with Crippen LogP contribution in [0.1, 0.15) is 22.3 Å². The molecule has 0 unspecified atom stereocenters. The highest BCUT2D eigenvalue weighted by atomic mass is 16.3. The molecule has 0 atom stereocenters. The van der Waals surface area contributed by atoms with Crippen molar-refractivity contribution in [1.82, 2.24) is 9.97 Å². The number of hydrogen-bond donors (Lipinski definition) is 0. The smallest absolute Gasteiger partial charge is 0.235 e. The van der Waals surface area contributed by atoms with E-state index >= 15 is 0 Å². The van der Waals surface area contributed by atoms with Crippen LogP contribution in [0.2, 0.25) is 0 Å². The lowest BCUT2D eigenvalue weighted by molar-refractivity contribution is 0.670. The first-order valence-corrected chi connectivity index (χ1v) is 21.4. The van der Waals surface area contributed by atoms with E-state index in [-0.39, 0.29) is 0 Å². The Morgan fingerprint density at radius 2 is 0.889 bits per heavy atom. The summed E-state index contributed by atoms with van der Waals surface area (Å²) in [6.45, 7) is 0. The van der Waals surface area contributed by atoms with Crippen LogP contribution in [0.25, 0.3) is 66.7 Å². The molecule has 12 rings (SSSR count). The fourth-order valence-corrected chi connectivity index (χ4v) is 9.78. The molecule has 0 amide bonds. The molecule has 2 aromatic heterocycles. The van der Waals surface area contributed by atoms with E-state index in [1.165, 1.54) is 27.8 Å². The summed E-state index contributed by atoms with van der Waals surface area (Å²) >= 11 is 0. The minimum atomic E-state index is -0.576. The minimum absolute atomic E-state index is 0.570. The number of benzene rings is 9. The monoisotopic (exact) mass is 805 g/mol. The van der Waals surface area contributed by atoms with Crippen LogP contribution in [-0.2, 0) is 5.41 Å². The third-order valence-corrected chi connectivity index (χ3v) is 12.6. The number of aromatic nitrogens is 2. The highest BCUT2D eigenvalue weighted by Gasteiger charge is 2.46. The van der Waals surface area contributed by atoms with Gasteiger partial charge in [0.2, 0.25) is 5.95 Å². The summed E-state index contributed by atoms with van der Waals surface area (Å²) in [5.74, 6) is 0.570. The second kappa shape index (κ2) is 15.0. The quantitative estimate of drug-likeness (QED) is 0.153. The number of rotatable bonds is 8. The Morgan fingerprint density at radius 3 is 1.56 bits per heavy atom. The van der Waals surface area contributed by atoms with E-state index in [4.69, 9.17) is 14.4 Å². The Bertz CT molecular complexity index is 3350. The molecule has 4 nitrogen and oxygen atoms in total. The molecule has 0 aliphatic heterocycles. The SMILES string of the molecule is c1ccc(-c2cc(-c3ccccc3)nc(N(c3ccc(-c4cccc5c4oc4ccccc45)cc3)c3cccc(C4(c5ccccc5)c5ccccc5-c5ccccc54)c3)n2)cc1. The Labute approximate surface area is 366 Å². The standard InChI is InChI=1S/C59H39N3O/c1-4-18-41(19-5-1)54-39-55(42-20-6-2-7-21-42)61-58(60-54)62(45-36-34-40(35-37-45)47-29-17-30-51-50-28-12-15-33-56(50)63-57(47)51)46-25-16-24-44(38-46)59(43-22-8-3-9-23-43)52-31-13-10-26-48(52)49-27-11-14-32-53(49)59/h1-39H. The molecule has 0 saturated heterocycles. The number of fused-ring (bicyclic) bond motifs is 6. The maximum absolute atomic E-state index is 6.49.